The smallest absolute Gasteiger partial charge is 0.342 e. The van der Waals surface area contributed by atoms with Gasteiger partial charge in [0, 0.05) is 31.7 Å². The predicted octanol–water partition coefficient (Wildman–Crippen LogP) is 1.75. The average molecular weight is 330 g/mol. The summed E-state index contributed by atoms with van der Waals surface area (Å²) in [4.78, 5) is 18.8. The quantitative estimate of drug-likeness (QED) is 0.778. The highest BCUT2D eigenvalue weighted by Crippen LogP contribution is 2.21. The van der Waals surface area contributed by atoms with Crippen molar-refractivity contribution in [3.63, 3.8) is 0 Å². The second kappa shape index (κ2) is 7.44. The second-order valence-electron chi connectivity index (χ2n) is 6.00. The van der Waals surface area contributed by atoms with Crippen LogP contribution in [0.3, 0.4) is 0 Å². The van der Waals surface area contributed by atoms with E-state index in [0.717, 1.165) is 0 Å². The van der Waals surface area contributed by atoms with E-state index < -0.39 is 0 Å². The summed E-state index contributed by atoms with van der Waals surface area (Å²) in [5.74, 6) is 0.306. The third-order valence-corrected chi connectivity index (χ3v) is 3.74. The van der Waals surface area contributed by atoms with E-state index in [2.05, 4.69) is 15.0 Å². The zero-order valence-corrected chi connectivity index (χ0v) is 14.0. The molecular formula is C17H22N4O3. The van der Waals surface area contributed by atoms with Crippen LogP contribution in [0.2, 0.25) is 0 Å². The molecule has 128 valence electrons. The highest BCUT2D eigenvalue weighted by molar-refractivity contribution is 5.94. The molecule has 0 spiro atoms. The lowest BCUT2D eigenvalue weighted by atomic mass is 10.2. The maximum atomic E-state index is 12.3. The van der Waals surface area contributed by atoms with Crippen LogP contribution in [0, 0.1) is 0 Å². The first-order valence-electron chi connectivity index (χ1n) is 8.13. The normalized spacial score (nSPS) is 18.0. The molecule has 7 heteroatoms. The summed E-state index contributed by atoms with van der Waals surface area (Å²) >= 11 is 0. The molecule has 1 aliphatic rings. The number of rotatable bonds is 5. The Kier molecular flexibility index (Phi) is 5.10. The van der Waals surface area contributed by atoms with Crippen LogP contribution in [-0.4, -0.2) is 52.6 Å². The van der Waals surface area contributed by atoms with Gasteiger partial charge in [-0.25, -0.2) is 9.78 Å². The van der Waals surface area contributed by atoms with Crippen molar-refractivity contribution < 1.29 is 14.3 Å². The van der Waals surface area contributed by atoms with Gasteiger partial charge in [-0.3, -0.25) is 4.68 Å². The van der Waals surface area contributed by atoms with Crippen molar-refractivity contribution in [1.29, 1.82) is 0 Å². The van der Waals surface area contributed by atoms with Crippen LogP contribution >= 0.6 is 0 Å². The first-order chi connectivity index (χ1) is 11.6. The Balaban J connectivity index is 1.74. The molecule has 1 aliphatic heterocycles. The summed E-state index contributed by atoms with van der Waals surface area (Å²) in [5.41, 5.74) is 0.492. The number of carbonyl (C=O) groups excluding carboxylic acids is 1. The number of esters is 1. The van der Waals surface area contributed by atoms with E-state index in [1.54, 1.807) is 24.5 Å². The maximum absolute atomic E-state index is 12.3. The van der Waals surface area contributed by atoms with Crippen molar-refractivity contribution in [2.75, 3.05) is 24.6 Å². The Hall–Kier alpha value is -2.41. The van der Waals surface area contributed by atoms with Gasteiger partial charge in [0.15, 0.2) is 0 Å². The van der Waals surface area contributed by atoms with E-state index in [9.17, 15) is 4.79 Å². The second-order valence-corrected chi connectivity index (χ2v) is 6.00. The number of anilines is 1. The number of ether oxygens (including phenoxy) is 2. The molecule has 1 fully saturated rings. The summed E-state index contributed by atoms with van der Waals surface area (Å²) in [6.07, 6.45) is 5.19. The lowest BCUT2D eigenvalue weighted by Gasteiger charge is -2.34. The number of aromatic nitrogens is 3. The van der Waals surface area contributed by atoms with Crippen molar-refractivity contribution in [2.45, 2.75) is 32.6 Å². The Bertz CT molecular complexity index is 672. The van der Waals surface area contributed by atoms with E-state index in [-0.39, 0.29) is 18.2 Å². The van der Waals surface area contributed by atoms with Crippen molar-refractivity contribution in [2.24, 2.45) is 0 Å². The van der Waals surface area contributed by atoms with Crippen molar-refractivity contribution in [3.05, 3.63) is 42.4 Å². The zero-order chi connectivity index (χ0) is 16.9. The van der Waals surface area contributed by atoms with E-state index in [0.29, 0.717) is 37.6 Å². The van der Waals surface area contributed by atoms with Gasteiger partial charge in [-0.05, 0) is 32.0 Å². The minimum atomic E-state index is -0.344. The largest absolute Gasteiger partial charge is 0.459 e. The minimum Gasteiger partial charge on any atom is -0.459 e. The van der Waals surface area contributed by atoms with E-state index in [4.69, 9.17) is 9.47 Å². The molecule has 3 heterocycles. The monoisotopic (exact) mass is 330 g/mol. The molecule has 24 heavy (non-hydrogen) atoms. The first-order valence-corrected chi connectivity index (χ1v) is 8.13. The van der Waals surface area contributed by atoms with Crippen molar-refractivity contribution in [3.8, 4) is 0 Å². The highest BCUT2D eigenvalue weighted by atomic mass is 16.5. The fourth-order valence-electron chi connectivity index (χ4n) is 2.73. The van der Waals surface area contributed by atoms with Gasteiger partial charge >= 0.3 is 5.97 Å². The fourth-order valence-corrected chi connectivity index (χ4v) is 2.73. The van der Waals surface area contributed by atoms with Gasteiger partial charge < -0.3 is 14.4 Å². The lowest BCUT2D eigenvalue weighted by Crippen LogP contribution is -2.45. The Morgan fingerprint density at radius 3 is 3.04 bits per heavy atom. The molecule has 0 radical (unpaired) electrons. The van der Waals surface area contributed by atoms with Gasteiger partial charge in [0.25, 0.3) is 0 Å². The van der Waals surface area contributed by atoms with Gasteiger partial charge in [-0.2, -0.15) is 5.10 Å². The van der Waals surface area contributed by atoms with Crippen LogP contribution in [0.25, 0.3) is 0 Å². The number of nitrogens with zero attached hydrogens (tertiary/aromatic N) is 4. The van der Waals surface area contributed by atoms with Crippen LogP contribution in [0.5, 0.6) is 0 Å². The SMILES string of the molecule is CC(C)OC(=O)c1cccnc1N1CCOC(Cn2cccn2)C1. The van der Waals surface area contributed by atoms with Gasteiger partial charge in [-0.15, -0.1) is 0 Å². The third-order valence-electron chi connectivity index (χ3n) is 3.74. The van der Waals surface area contributed by atoms with E-state index >= 15 is 0 Å². The zero-order valence-electron chi connectivity index (χ0n) is 14.0. The number of hydrogen-bond acceptors (Lipinski definition) is 6. The standard InChI is InChI=1S/C17H22N4O3/c1-13(2)24-17(22)15-5-3-6-18-16(15)20-9-10-23-14(11-20)12-21-8-4-7-19-21/h3-8,13-14H,9-12H2,1-2H3. The molecular weight excluding hydrogens is 308 g/mol. The maximum Gasteiger partial charge on any atom is 0.342 e. The molecule has 0 aromatic carbocycles. The predicted molar refractivity (Wildman–Crippen MR) is 89.0 cm³/mol. The van der Waals surface area contributed by atoms with Gasteiger partial charge in [-0.1, -0.05) is 0 Å². The number of carbonyl (C=O) groups is 1. The lowest BCUT2D eigenvalue weighted by molar-refractivity contribution is 0.0264. The summed E-state index contributed by atoms with van der Waals surface area (Å²) in [6, 6.07) is 5.40. The molecule has 1 atom stereocenters. The number of hydrogen-bond donors (Lipinski definition) is 0. The van der Waals surface area contributed by atoms with Crippen molar-refractivity contribution in [1.82, 2.24) is 14.8 Å². The van der Waals surface area contributed by atoms with Gasteiger partial charge in [0.1, 0.15) is 11.4 Å². The average Bonchev–Trinajstić information content (AvgIpc) is 3.07. The molecule has 2 aromatic rings. The molecule has 2 aromatic heterocycles. The summed E-state index contributed by atoms with van der Waals surface area (Å²) in [7, 11) is 0. The topological polar surface area (TPSA) is 69.5 Å². The third kappa shape index (κ3) is 3.91. The molecule has 0 amide bonds. The minimum absolute atomic E-state index is 0.00498. The molecule has 3 rings (SSSR count). The molecule has 0 N–H and O–H groups in total. The Morgan fingerprint density at radius 1 is 1.42 bits per heavy atom. The van der Waals surface area contributed by atoms with Crippen LogP contribution < -0.4 is 4.90 Å². The molecule has 0 saturated carbocycles. The molecule has 0 aliphatic carbocycles. The molecule has 1 saturated heterocycles. The highest BCUT2D eigenvalue weighted by Gasteiger charge is 2.26. The van der Waals surface area contributed by atoms with Crippen LogP contribution in [0.1, 0.15) is 24.2 Å². The van der Waals surface area contributed by atoms with Crippen molar-refractivity contribution >= 4 is 11.8 Å². The van der Waals surface area contributed by atoms with Crippen LogP contribution in [0.15, 0.2) is 36.8 Å². The molecule has 1 unspecified atom stereocenters. The summed E-state index contributed by atoms with van der Waals surface area (Å²) in [6.45, 7) is 6.27. The van der Waals surface area contributed by atoms with E-state index in [1.807, 2.05) is 30.8 Å². The van der Waals surface area contributed by atoms with E-state index in [1.165, 1.54) is 0 Å². The van der Waals surface area contributed by atoms with Gasteiger partial charge in [0.05, 0.1) is 25.4 Å². The Morgan fingerprint density at radius 2 is 2.29 bits per heavy atom. The van der Waals surface area contributed by atoms with Gasteiger partial charge in [0.2, 0.25) is 0 Å². The number of morpholine rings is 1. The first kappa shape index (κ1) is 16.4. The van der Waals surface area contributed by atoms with Crippen LogP contribution in [-0.2, 0) is 16.0 Å². The fraction of sp³-hybridized carbons (Fsp3) is 0.471. The Labute approximate surface area is 141 Å². The number of pyridine rings is 1. The molecule has 7 nitrogen and oxygen atoms in total. The molecule has 0 bridgehead atoms. The van der Waals surface area contributed by atoms with Crippen LogP contribution in [0.4, 0.5) is 5.82 Å². The summed E-state index contributed by atoms with van der Waals surface area (Å²) < 4.78 is 13.0. The summed E-state index contributed by atoms with van der Waals surface area (Å²) in [5, 5.41) is 4.21.